The molecule has 3 nitrogen and oxygen atoms in total. The summed E-state index contributed by atoms with van der Waals surface area (Å²) in [5.41, 5.74) is 0.837. The van der Waals surface area contributed by atoms with Gasteiger partial charge in [0.2, 0.25) is 0 Å². The van der Waals surface area contributed by atoms with Crippen LogP contribution < -0.4 is 5.32 Å². The Balaban J connectivity index is 1.94. The van der Waals surface area contributed by atoms with Crippen LogP contribution in [0, 0.1) is 5.92 Å². The van der Waals surface area contributed by atoms with Crippen molar-refractivity contribution >= 4 is 28.9 Å². The normalized spacial score (nSPS) is 17.1. The highest BCUT2D eigenvalue weighted by molar-refractivity contribution is 6.37. The maximum Gasteiger partial charge on any atom is 0.152 e. The predicted octanol–water partition coefficient (Wildman–Crippen LogP) is 3.54. The van der Waals surface area contributed by atoms with E-state index in [0.717, 1.165) is 38.3 Å². The number of aromatic hydroxyl groups is 1. The van der Waals surface area contributed by atoms with Gasteiger partial charge in [0, 0.05) is 25.4 Å². The summed E-state index contributed by atoms with van der Waals surface area (Å²) in [6, 6.07) is 3.37. The standard InChI is InChI=1S/C12H15Cl2NO2/c13-10-5-9(6-11(14)12(10)16)15-7-8-1-3-17-4-2-8/h5-6,8,15-16H,1-4,7H2. The van der Waals surface area contributed by atoms with Crippen LogP contribution in [0.3, 0.4) is 0 Å². The highest BCUT2D eigenvalue weighted by Gasteiger charge is 2.14. The highest BCUT2D eigenvalue weighted by Crippen LogP contribution is 2.34. The van der Waals surface area contributed by atoms with E-state index in [9.17, 15) is 5.11 Å². The number of phenolic OH excluding ortho intramolecular Hbond substituents is 1. The second-order valence-corrected chi connectivity index (χ2v) is 5.04. The third-order valence-electron chi connectivity index (χ3n) is 2.95. The van der Waals surface area contributed by atoms with E-state index in [1.54, 1.807) is 12.1 Å². The van der Waals surface area contributed by atoms with Gasteiger partial charge in [0.05, 0.1) is 10.0 Å². The maximum atomic E-state index is 9.44. The molecule has 2 N–H and O–H groups in total. The SMILES string of the molecule is Oc1c(Cl)cc(NCC2CCOCC2)cc1Cl. The van der Waals surface area contributed by atoms with Gasteiger partial charge in [-0.1, -0.05) is 23.2 Å². The van der Waals surface area contributed by atoms with Crippen molar-refractivity contribution < 1.29 is 9.84 Å². The molecule has 0 radical (unpaired) electrons. The van der Waals surface area contributed by atoms with Crippen LogP contribution in [0.15, 0.2) is 12.1 Å². The molecule has 1 aromatic rings. The van der Waals surface area contributed by atoms with Crippen molar-refractivity contribution in [2.75, 3.05) is 25.1 Å². The van der Waals surface area contributed by atoms with Crippen LogP contribution in [0.4, 0.5) is 5.69 Å². The first-order valence-corrected chi connectivity index (χ1v) is 6.42. The summed E-state index contributed by atoms with van der Waals surface area (Å²) in [6.07, 6.45) is 2.15. The van der Waals surface area contributed by atoms with E-state index in [4.69, 9.17) is 27.9 Å². The number of benzene rings is 1. The third-order valence-corrected chi connectivity index (χ3v) is 3.53. The zero-order chi connectivity index (χ0) is 12.3. The first-order chi connectivity index (χ1) is 8.16. The second-order valence-electron chi connectivity index (χ2n) is 4.23. The zero-order valence-electron chi connectivity index (χ0n) is 9.38. The summed E-state index contributed by atoms with van der Waals surface area (Å²) in [5.74, 6) is 0.556. The van der Waals surface area contributed by atoms with Crippen molar-refractivity contribution in [3.05, 3.63) is 22.2 Å². The zero-order valence-corrected chi connectivity index (χ0v) is 10.9. The number of halogens is 2. The molecule has 1 fully saturated rings. The molecule has 0 spiro atoms. The molecule has 17 heavy (non-hydrogen) atoms. The van der Waals surface area contributed by atoms with Gasteiger partial charge in [0.15, 0.2) is 5.75 Å². The molecule has 5 heteroatoms. The van der Waals surface area contributed by atoms with Gasteiger partial charge in [0.1, 0.15) is 0 Å². The van der Waals surface area contributed by atoms with Gasteiger partial charge in [0.25, 0.3) is 0 Å². The Kier molecular flexibility index (Phi) is 4.37. The van der Waals surface area contributed by atoms with Crippen molar-refractivity contribution in [3.8, 4) is 5.75 Å². The second kappa shape index (κ2) is 5.80. The Morgan fingerprint density at radius 2 is 1.82 bits per heavy atom. The average Bonchev–Trinajstić information content (AvgIpc) is 2.34. The smallest absolute Gasteiger partial charge is 0.152 e. The molecule has 1 saturated heterocycles. The minimum absolute atomic E-state index is 0.0649. The summed E-state index contributed by atoms with van der Waals surface area (Å²) in [6.45, 7) is 2.55. The predicted molar refractivity (Wildman–Crippen MR) is 70.2 cm³/mol. The van der Waals surface area contributed by atoms with Gasteiger partial charge in [-0.25, -0.2) is 0 Å². The number of ether oxygens (including phenoxy) is 1. The van der Waals surface area contributed by atoms with Crippen molar-refractivity contribution in [2.45, 2.75) is 12.8 Å². The van der Waals surface area contributed by atoms with Crippen LogP contribution in [0.2, 0.25) is 10.0 Å². The number of nitrogens with one attached hydrogen (secondary N) is 1. The number of rotatable bonds is 3. The van der Waals surface area contributed by atoms with E-state index in [-0.39, 0.29) is 15.8 Å². The molecular formula is C12H15Cl2NO2. The van der Waals surface area contributed by atoms with E-state index in [2.05, 4.69) is 5.32 Å². The van der Waals surface area contributed by atoms with Crippen LogP contribution in [0.1, 0.15) is 12.8 Å². The lowest BCUT2D eigenvalue weighted by atomic mass is 10.0. The van der Waals surface area contributed by atoms with Crippen LogP contribution >= 0.6 is 23.2 Å². The van der Waals surface area contributed by atoms with Crippen LogP contribution in [0.5, 0.6) is 5.75 Å². The van der Waals surface area contributed by atoms with Gasteiger partial charge in [-0.3, -0.25) is 0 Å². The average molecular weight is 276 g/mol. The van der Waals surface area contributed by atoms with Crippen molar-refractivity contribution in [1.82, 2.24) is 0 Å². The molecule has 0 aliphatic carbocycles. The molecule has 0 atom stereocenters. The minimum Gasteiger partial charge on any atom is -0.505 e. The highest BCUT2D eigenvalue weighted by atomic mass is 35.5. The Morgan fingerprint density at radius 3 is 2.41 bits per heavy atom. The largest absolute Gasteiger partial charge is 0.505 e. The van der Waals surface area contributed by atoms with Crippen LogP contribution in [-0.4, -0.2) is 24.9 Å². The Morgan fingerprint density at radius 1 is 1.24 bits per heavy atom. The van der Waals surface area contributed by atoms with E-state index in [0.29, 0.717) is 5.92 Å². The fraction of sp³-hybridized carbons (Fsp3) is 0.500. The molecule has 1 aromatic carbocycles. The summed E-state index contributed by atoms with van der Waals surface area (Å²) in [4.78, 5) is 0. The van der Waals surface area contributed by atoms with E-state index in [1.165, 1.54) is 0 Å². The summed E-state index contributed by atoms with van der Waals surface area (Å²) >= 11 is 11.7. The summed E-state index contributed by atoms with van der Waals surface area (Å²) in [5, 5.41) is 13.3. The quantitative estimate of drug-likeness (QED) is 0.830. The molecule has 1 aliphatic heterocycles. The lowest BCUT2D eigenvalue weighted by Gasteiger charge is -2.22. The summed E-state index contributed by atoms with van der Waals surface area (Å²) in [7, 11) is 0. The molecule has 0 saturated carbocycles. The fourth-order valence-corrected chi connectivity index (χ4v) is 2.37. The van der Waals surface area contributed by atoms with E-state index in [1.807, 2.05) is 0 Å². The van der Waals surface area contributed by atoms with Crippen molar-refractivity contribution in [3.63, 3.8) is 0 Å². The molecule has 0 bridgehead atoms. The first kappa shape index (κ1) is 12.8. The topological polar surface area (TPSA) is 41.5 Å². The first-order valence-electron chi connectivity index (χ1n) is 5.66. The number of anilines is 1. The van der Waals surface area contributed by atoms with Crippen molar-refractivity contribution in [2.24, 2.45) is 5.92 Å². The number of hydrogen-bond donors (Lipinski definition) is 2. The molecular weight excluding hydrogens is 261 g/mol. The molecule has 94 valence electrons. The van der Waals surface area contributed by atoms with Gasteiger partial charge < -0.3 is 15.2 Å². The van der Waals surface area contributed by atoms with Crippen LogP contribution in [0.25, 0.3) is 0 Å². The molecule has 0 unspecified atom stereocenters. The van der Waals surface area contributed by atoms with Gasteiger partial charge >= 0.3 is 0 Å². The lowest BCUT2D eigenvalue weighted by Crippen LogP contribution is -2.22. The molecule has 1 aliphatic rings. The number of phenols is 1. The fourth-order valence-electron chi connectivity index (χ4n) is 1.88. The molecule has 1 heterocycles. The molecule has 2 rings (SSSR count). The molecule has 0 aromatic heterocycles. The Bertz CT molecular complexity index is 369. The minimum atomic E-state index is -0.0649. The number of hydrogen-bond acceptors (Lipinski definition) is 3. The maximum absolute atomic E-state index is 9.44. The van der Waals surface area contributed by atoms with Gasteiger partial charge in [-0.2, -0.15) is 0 Å². The van der Waals surface area contributed by atoms with Gasteiger partial charge in [-0.15, -0.1) is 0 Å². The lowest BCUT2D eigenvalue weighted by molar-refractivity contribution is 0.0699. The Hall–Kier alpha value is -0.640. The van der Waals surface area contributed by atoms with Crippen LogP contribution in [-0.2, 0) is 4.74 Å². The summed E-state index contributed by atoms with van der Waals surface area (Å²) < 4.78 is 5.30. The third kappa shape index (κ3) is 3.41. The van der Waals surface area contributed by atoms with Gasteiger partial charge in [-0.05, 0) is 30.9 Å². The van der Waals surface area contributed by atoms with E-state index < -0.39 is 0 Å². The monoisotopic (exact) mass is 275 g/mol. The van der Waals surface area contributed by atoms with E-state index >= 15 is 0 Å². The molecule has 0 amide bonds. The van der Waals surface area contributed by atoms with Crippen molar-refractivity contribution in [1.29, 1.82) is 0 Å². The Labute approximate surface area is 111 Å².